The van der Waals surface area contributed by atoms with Gasteiger partial charge < -0.3 is 5.73 Å². The van der Waals surface area contributed by atoms with Crippen LogP contribution in [0.4, 0.5) is 5.69 Å². The molecule has 20 heavy (non-hydrogen) atoms. The Balaban J connectivity index is 0.00000200. The minimum atomic E-state index is -4.29. The predicted molar refractivity (Wildman–Crippen MR) is 81.8 cm³/mol. The van der Waals surface area contributed by atoms with E-state index in [4.69, 9.17) is 5.73 Å². The van der Waals surface area contributed by atoms with Gasteiger partial charge in [-0.3, -0.25) is 4.55 Å². The van der Waals surface area contributed by atoms with Crippen molar-refractivity contribution in [3.63, 3.8) is 0 Å². The number of anilines is 1. The molecule has 0 aromatic heterocycles. The Morgan fingerprint density at radius 3 is 2.25 bits per heavy atom. The van der Waals surface area contributed by atoms with E-state index in [0.29, 0.717) is 5.56 Å². The van der Waals surface area contributed by atoms with Crippen LogP contribution in [0, 0.1) is 0 Å². The van der Waals surface area contributed by atoms with E-state index in [1.165, 1.54) is 6.07 Å². The quantitative estimate of drug-likeness (QED) is 0.394. The topological polar surface area (TPSA) is 80.4 Å². The van der Waals surface area contributed by atoms with Crippen molar-refractivity contribution in [2.24, 2.45) is 0 Å². The molecule has 0 amide bonds. The largest absolute Gasteiger partial charge is 0.399 e. The standard InChI is InChI=1S/C14H13NO3S.Na/c15-13-9-8-12(14(10-13)19(16,17)18)7-6-11-4-2-1-3-5-11;/h1-10H,15H2,(H,16,17,18);. The monoisotopic (exact) mass is 298 g/mol. The molecule has 0 aliphatic rings. The molecule has 2 aromatic carbocycles. The summed E-state index contributed by atoms with van der Waals surface area (Å²) in [6.07, 6.45) is 3.39. The zero-order valence-corrected chi connectivity index (χ0v) is 13.8. The minimum absolute atomic E-state index is 0. The van der Waals surface area contributed by atoms with Gasteiger partial charge in [0.05, 0.1) is 0 Å². The van der Waals surface area contributed by atoms with Crippen LogP contribution in [0.25, 0.3) is 12.2 Å². The van der Waals surface area contributed by atoms with E-state index in [2.05, 4.69) is 0 Å². The zero-order valence-electron chi connectivity index (χ0n) is 11.0. The summed E-state index contributed by atoms with van der Waals surface area (Å²) in [5.74, 6) is 0. The summed E-state index contributed by atoms with van der Waals surface area (Å²) >= 11 is 0. The van der Waals surface area contributed by atoms with Gasteiger partial charge in [0.1, 0.15) is 4.90 Å². The molecule has 0 saturated carbocycles. The SMILES string of the molecule is Nc1ccc(C=Cc2ccccc2)c(S(=O)(=O)O)c1.[Na]. The summed E-state index contributed by atoms with van der Waals surface area (Å²) in [7, 11) is -4.29. The summed E-state index contributed by atoms with van der Waals surface area (Å²) in [5, 5.41) is 0. The summed E-state index contributed by atoms with van der Waals surface area (Å²) in [6.45, 7) is 0. The number of nitrogen functional groups attached to an aromatic ring is 1. The average molecular weight is 298 g/mol. The molecule has 0 unspecified atom stereocenters. The van der Waals surface area contributed by atoms with E-state index in [0.717, 1.165) is 5.56 Å². The normalized spacial score (nSPS) is 11.2. The van der Waals surface area contributed by atoms with Crippen LogP contribution >= 0.6 is 0 Å². The zero-order chi connectivity index (χ0) is 13.9. The smallest absolute Gasteiger partial charge is 0.295 e. The van der Waals surface area contributed by atoms with Crippen molar-refractivity contribution in [2.45, 2.75) is 4.90 Å². The van der Waals surface area contributed by atoms with E-state index in [9.17, 15) is 13.0 Å². The van der Waals surface area contributed by atoms with Crippen LogP contribution in [0.1, 0.15) is 11.1 Å². The Morgan fingerprint density at radius 2 is 1.65 bits per heavy atom. The maximum atomic E-state index is 11.3. The van der Waals surface area contributed by atoms with Crippen LogP contribution in [0.3, 0.4) is 0 Å². The number of hydrogen-bond donors (Lipinski definition) is 2. The molecule has 3 N–H and O–H groups in total. The Bertz CT molecular complexity index is 712. The fourth-order valence-electron chi connectivity index (χ4n) is 1.66. The maximum absolute atomic E-state index is 11.3. The van der Waals surface area contributed by atoms with Gasteiger partial charge in [-0.2, -0.15) is 8.42 Å². The summed E-state index contributed by atoms with van der Waals surface area (Å²) in [6, 6.07) is 13.8. The van der Waals surface area contributed by atoms with E-state index in [1.807, 2.05) is 30.3 Å². The van der Waals surface area contributed by atoms with Crippen molar-refractivity contribution in [3.8, 4) is 0 Å². The number of hydrogen-bond acceptors (Lipinski definition) is 3. The third-order valence-electron chi connectivity index (χ3n) is 2.57. The fourth-order valence-corrected chi connectivity index (χ4v) is 2.38. The second kappa shape index (κ2) is 7.06. The van der Waals surface area contributed by atoms with E-state index in [-0.39, 0.29) is 40.1 Å². The molecule has 0 spiro atoms. The molecule has 99 valence electrons. The van der Waals surface area contributed by atoms with Crippen LogP contribution in [0.2, 0.25) is 0 Å². The second-order valence-electron chi connectivity index (χ2n) is 4.02. The van der Waals surface area contributed by atoms with Crippen molar-refractivity contribution in [1.82, 2.24) is 0 Å². The molecule has 0 fully saturated rings. The summed E-state index contributed by atoms with van der Waals surface area (Å²) < 4.78 is 31.7. The van der Waals surface area contributed by atoms with E-state index >= 15 is 0 Å². The number of rotatable bonds is 3. The maximum Gasteiger partial charge on any atom is 0.295 e. The van der Waals surface area contributed by atoms with Gasteiger partial charge in [-0.05, 0) is 23.3 Å². The molecule has 2 aromatic rings. The molecular weight excluding hydrogens is 285 g/mol. The molecule has 0 aliphatic carbocycles. The van der Waals surface area contributed by atoms with Crippen LogP contribution in [0.5, 0.6) is 0 Å². The molecular formula is C14H13NNaO3S. The van der Waals surface area contributed by atoms with Crippen molar-refractivity contribution in [3.05, 3.63) is 59.7 Å². The molecule has 0 aliphatic heterocycles. The second-order valence-corrected chi connectivity index (χ2v) is 5.41. The first-order valence-electron chi connectivity index (χ1n) is 5.57. The van der Waals surface area contributed by atoms with Crippen molar-refractivity contribution in [1.29, 1.82) is 0 Å². The first-order chi connectivity index (χ1) is 8.97. The molecule has 0 saturated heterocycles. The molecule has 2 rings (SSSR count). The molecule has 6 heteroatoms. The van der Waals surface area contributed by atoms with Crippen LogP contribution in [0.15, 0.2) is 53.4 Å². The van der Waals surface area contributed by atoms with Gasteiger partial charge in [0.25, 0.3) is 10.1 Å². The predicted octanol–water partition coefficient (Wildman–Crippen LogP) is 2.31. The first kappa shape index (κ1) is 16.9. The van der Waals surface area contributed by atoms with Crippen molar-refractivity contribution in [2.75, 3.05) is 5.73 Å². The third-order valence-corrected chi connectivity index (χ3v) is 3.48. The first-order valence-corrected chi connectivity index (χ1v) is 7.01. The average Bonchev–Trinajstić information content (AvgIpc) is 2.37. The molecule has 0 bridgehead atoms. The van der Waals surface area contributed by atoms with Gasteiger partial charge >= 0.3 is 0 Å². The Morgan fingerprint density at radius 1 is 1.00 bits per heavy atom. The molecule has 0 atom stereocenters. The van der Waals surface area contributed by atoms with E-state index < -0.39 is 10.1 Å². The van der Waals surface area contributed by atoms with E-state index in [1.54, 1.807) is 24.3 Å². The summed E-state index contributed by atoms with van der Waals surface area (Å²) in [4.78, 5) is -0.195. The minimum Gasteiger partial charge on any atom is -0.399 e. The Hall–Kier alpha value is -1.11. The Labute approximate surface area is 140 Å². The van der Waals surface area contributed by atoms with Gasteiger partial charge in [-0.15, -0.1) is 0 Å². The molecule has 0 heterocycles. The van der Waals surface area contributed by atoms with Crippen molar-refractivity contribution >= 4 is 57.5 Å². The van der Waals surface area contributed by atoms with Crippen LogP contribution in [-0.2, 0) is 10.1 Å². The fraction of sp³-hybridized carbons (Fsp3) is 0. The molecule has 1 radical (unpaired) electrons. The van der Waals surface area contributed by atoms with Gasteiger partial charge in [0, 0.05) is 35.2 Å². The number of benzene rings is 2. The van der Waals surface area contributed by atoms with Crippen LogP contribution in [-0.4, -0.2) is 42.5 Å². The van der Waals surface area contributed by atoms with Gasteiger partial charge in [-0.1, -0.05) is 48.6 Å². The van der Waals surface area contributed by atoms with Gasteiger partial charge in [0.2, 0.25) is 0 Å². The third kappa shape index (κ3) is 4.47. The van der Waals surface area contributed by atoms with Gasteiger partial charge in [0.15, 0.2) is 0 Å². The molecule has 4 nitrogen and oxygen atoms in total. The Kier molecular flexibility index (Phi) is 5.98. The van der Waals surface area contributed by atoms with Crippen LogP contribution < -0.4 is 5.73 Å². The van der Waals surface area contributed by atoms with Crippen molar-refractivity contribution < 1.29 is 13.0 Å². The summed E-state index contributed by atoms with van der Waals surface area (Å²) in [5.41, 5.74) is 7.13. The van der Waals surface area contributed by atoms with Gasteiger partial charge in [-0.25, -0.2) is 0 Å². The number of nitrogens with two attached hydrogens (primary N) is 1.